The summed E-state index contributed by atoms with van der Waals surface area (Å²) in [5.74, 6) is 3.49. The molecule has 3 heterocycles. The second-order valence-electron chi connectivity index (χ2n) is 12.3. The molecule has 1 aliphatic carbocycles. The summed E-state index contributed by atoms with van der Waals surface area (Å²) in [4.78, 5) is 6.12. The highest BCUT2D eigenvalue weighted by Gasteiger charge is 2.32. The number of benzene rings is 6. The molecule has 8 aromatic rings. The Kier molecular flexibility index (Phi) is 6.24. The maximum absolute atomic E-state index is 6.54. The van der Waals surface area contributed by atoms with Gasteiger partial charge >= 0.3 is 6.19 Å². The first-order valence-electron chi connectivity index (χ1n) is 16.2. The van der Waals surface area contributed by atoms with Gasteiger partial charge in [0.25, 0.3) is 0 Å². The molecule has 0 unspecified atom stereocenters. The van der Waals surface area contributed by atoms with Gasteiger partial charge in [-0.05, 0) is 87.9 Å². The minimum Gasteiger partial charge on any atom is -0.546 e. The van der Waals surface area contributed by atoms with Gasteiger partial charge in [0, 0.05) is 33.8 Å². The molecule has 4 nitrogen and oxygen atoms in total. The van der Waals surface area contributed by atoms with Gasteiger partial charge in [-0.15, -0.1) is 11.6 Å². The molecule has 0 saturated carbocycles. The van der Waals surface area contributed by atoms with E-state index >= 15 is 0 Å². The van der Waals surface area contributed by atoms with Crippen molar-refractivity contribution in [2.45, 2.75) is 10.8 Å². The van der Waals surface area contributed by atoms with E-state index in [0.717, 1.165) is 49.8 Å². The largest absolute Gasteiger partial charge is 0.546 e. The van der Waals surface area contributed by atoms with Crippen molar-refractivity contribution in [1.29, 1.82) is 0 Å². The molecule has 0 N–H and O–H groups in total. The molecule has 6 heteroatoms. The van der Waals surface area contributed by atoms with Crippen molar-refractivity contribution in [3.63, 3.8) is 0 Å². The van der Waals surface area contributed by atoms with Gasteiger partial charge in [0.2, 0.25) is 0 Å². The third-order valence-corrected chi connectivity index (χ3v) is 10.7. The quantitative estimate of drug-likeness (QED) is 0.177. The zero-order valence-corrected chi connectivity index (χ0v) is 26.6. The smallest absolute Gasteiger partial charge is 0.467 e. The second-order valence-corrected chi connectivity index (χ2v) is 13.4. The number of para-hydroxylation sites is 2. The van der Waals surface area contributed by atoms with Gasteiger partial charge in [0.05, 0.1) is 11.0 Å². The van der Waals surface area contributed by atoms with E-state index in [1.54, 1.807) is 11.6 Å². The van der Waals surface area contributed by atoms with Crippen LogP contribution in [-0.4, -0.2) is 15.7 Å². The molecule has 2 aliphatic rings. The maximum atomic E-state index is 6.54. The van der Waals surface area contributed by atoms with E-state index in [1.165, 1.54) is 33.2 Å². The van der Waals surface area contributed by atoms with Crippen molar-refractivity contribution in [3.8, 4) is 34.2 Å². The fourth-order valence-electron chi connectivity index (χ4n) is 7.41. The molecule has 0 spiro atoms. The lowest BCUT2D eigenvalue weighted by Gasteiger charge is -2.16. The average Bonchev–Trinajstić information content (AvgIpc) is 3.82. The third-order valence-electron chi connectivity index (χ3n) is 9.49. The topological polar surface area (TPSA) is 36.3 Å². The lowest BCUT2D eigenvalue weighted by Crippen LogP contribution is -2.30. The van der Waals surface area contributed by atoms with Crippen LogP contribution < -0.4 is 14.9 Å². The fourth-order valence-corrected chi connectivity index (χ4v) is 8.46. The van der Waals surface area contributed by atoms with E-state index in [4.69, 9.17) is 14.4 Å². The van der Waals surface area contributed by atoms with E-state index < -0.39 is 0 Å². The second kappa shape index (κ2) is 10.9. The van der Waals surface area contributed by atoms with Crippen LogP contribution in [0.4, 0.5) is 0 Å². The molecule has 48 heavy (non-hydrogen) atoms. The van der Waals surface area contributed by atoms with Crippen LogP contribution in [0.1, 0.15) is 22.6 Å². The Bertz CT molecular complexity index is 2470. The molecule has 0 bridgehead atoms. The van der Waals surface area contributed by atoms with Gasteiger partial charge in [-0.3, -0.25) is 4.57 Å². The first-order chi connectivity index (χ1) is 23.8. The molecule has 0 amide bonds. The summed E-state index contributed by atoms with van der Waals surface area (Å²) in [6, 6.07) is 53.2. The van der Waals surface area contributed by atoms with Crippen molar-refractivity contribution in [1.82, 2.24) is 9.55 Å². The van der Waals surface area contributed by atoms with Crippen molar-refractivity contribution in [2.24, 2.45) is 0 Å². The van der Waals surface area contributed by atoms with E-state index in [0.29, 0.717) is 0 Å². The molecule has 10 rings (SSSR count). The minimum absolute atomic E-state index is 0.104. The number of pyridine rings is 1. The molecule has 2 aromatic heterocycles. The summed E-state index contributed by atoms with van der Waals surface area (Å²) in [6.45, 7) is 0. The SMILES string of the molecule is c1cc(Oc2ccc3c4ccccc4n(-c4cc(C5c6ccccc6-c6ccccc65)ccn4)c3c2)cc(B2Oc3ccccc3S2)c1. The predicted octanol–water partition coefficient (Wildman–Crippen LogP) is 10.0. The van der Waals surface area contributed by atoms with Crippen LogP contribution in [0, 0.1) is 0 Å². The summed E-state index contributed by atoms with van der Waals surface area (Å²) in [5, 5.41) is 2.34. The summed E-state index contributed by atoms with van der Waals surface area (Å²) in [6.07, 6.45) is 1.84. The number of hydrogen-bond donors (Lipinski definition) is 0. The van der Waals surface area contributed by atoms with Crippen molar-refractivity contribution >= 4 is 45.1 Å². The first-order valence-corrected chi connectivity index (χ1v) is 17.0. The zero-order chi connectivity index (χ0) is 31.6. The Hall–Kier alpha value is -5.72. The van der Waals surface area contributed by atoms with E-state index in [9.17, 15) is 0 Å². The molecule has 0 atom stereocenters. The van der Waals surface area contributed by atoms with Gasteiger partial charge in [-0.25, -0.2) is 4.98 Å². The zero-order valence-electron chi connectivity index (χ0n) is 25.8. The molecule has 0 saturated heterocycles. The van der Waals surface area contributed by atoms with Gasteiger partial charge in [-0.1, -0.05) is 91.0 Å². The van der Waals surface area contributed by atoms with Crippen LogP contribution >= 0.6 is 11.6 Å². The van der Waals surface area contributed by atoms with E-state index in [-0.39, 0.29) is 12.1 Å². The number of rotatable bonds is 5. The van der Waals surface area contributed by atoms with Gasteiger partial charge < -0.3 is 9.39 Å². The van der Waals surface area contributed by atoms with Crippen molar-refractivity contribution in [3.05, 3.63) is 175 Å². The highest BCUT2D eigenvalue weighted by Crippen LogP contribution is 2.48. The van der Waals surface area contributed by atoms with Crippen LogP contribution in [0.5, 0.6) is 17.2 Å². The fraction of sp³-hybridized carbons (Fsp3) is 0.0238. The van der Waals surface area contributed by atoms with Gasteiger partial charge in [-0.2, -0.15) is 0 Å². The molecule has 0 radical (unpaired) electrons. The third kappa shape index (κ3) is 4.37. The summed E-state index contributed by atoms with van der Waals surface area (Å²) in [5.41, 5.74) is 9.73. The highest BCUT2D eigenvalue weighted by atomic mass is 32.2. The Labute approximate surface area is 282 Å². The van der Waals surface area contributed by atoms with E-state index in [1.807, 2.05) is 36.5 Å². The number of nitrogens with zero attached hydrogens (tertiary/aromatic N) is 2. The summed E-state index contributed by atoms with van der Waals surface area (Å²) in [7, 11) is 0. The molecule has 1 aliphatic heterocycles. The Morgan fingerprint density at radius 2 is 1.35 bits per heavy atom. The summed E-state index contributed by atoms with van der Waals surface area (Å²) >= 11 is 1.72. The predicted molar refractivity (Wildman–Crippen MR) is 196 cm³/mol. The number of aromatic nitrogens is 2. The molecular formula is C42H27BN2O2S. The standard InChI is InChI=1S/C42H27BN2O2S/c1-3-15-35-31(12-1)32-13-2-4-16-36(32)42(35)27-22-23-44-41(24-27)45-37-17-6-5-14-33(37)34-21-20-30(26-38(34)45)46-29-11-9-10-28(25-29)43-47-39-18-7-8-19-40(39)48-43/h1-26,42H. The van der Waals surface area contributed by atoms with Gasteiger partial charge in [0.1, 0.15) is 23.1 Å². The number of fused-ring (bicyclic) bond motifs is 7. The lowest BCUT2D eigenvalue weighted by atomic mass is 9.86. The average molecular weight is 635 g/mol. The Balaban J connectivity index is 1.05. The normalized spacial score (nSPS) is 13.4. The van der Waals surface area contributed by atoms with Crippen LogP contribution in [0.15, 0.2) is 163 Å². The minimum atomic E-state index is -0.104. The maximum Gasteiger partial charge on any atom is 0.467 e. The first kappa shape index (κ1) is 27.4. The Morgan fingerprint density at radius 1 is 0.625 bits per heavy atom. The monoisotopic (exact) mass is 634 g/mol. The lowest BCUT2D eigenvalue weighted by molar-refractivity contribution is 0.483. The summed E-state index contributed by atoms with van der Waals surface area (Å²) < 4.78 is 15.0. The molecule has 226 valence electrons. The molecule has 6 aromatic carbocycles. The van der Waals surface area contributed by atoms with Crippen LogP contribution in [0.3, 0.4) is 0 Å². The van der Waals surface area contributed by atoms with Crippen LogP contribution in [0.2, 0.25) is 0 Å². The van der Waals surface area contributed by atoms with E-state index in [2.05, 4.69) is 126 Å². The number of ether oxygens (including phenoxy) is 1. The number of hydrogen-bond acceptors (Lipinski definition) is 4. The molecule has 0 fully saturated rings. The van der Waals surface area contributed by atoms with Crippen LogP contribution in [0.25, 0.3) is 38.8 Å². The highest BCUT2D eigenvalue weighted by molar-refractivity contribution is 8.26. The Morgan fingerprint density at radius 3 is 2.21 bits per heavy atom. The van der Waals surface area contributed by atoms with Gasteiger partial charge in [0.15, 0.2) is 0 Å². The van der Waals surface area contributed by atoms with Crippen molar-refractivity contribution in [2.75, 3.05) is 0 Å². The van der Waals surface area contributed by atoms with Crippen molar-refractivity contribution < 1.29 is 9.39 Å². The molecular weight excluding hydrogens is 607 g/mol. The van der Waals surface area contributed by atoms with Crippen LogP contribution in [-0.2, 0) is 0 Å².